The van der Waals surface area contributed by atoms with Crippen LogP contribution in [0.15, 0.2) is 64.1 Å². The Morgan fingerprint density at radius 3 is 2.52 bits per heavy atom. The molecule has 0 aliphatic carbocycles. The van der Waals surface area contributed by atoms with Crippen molar-refractivity contribution in [1.82, 2.24) is 5.43 Å². The minimum absolute atomic E-state index is 0.143. The number of hydrogen-bond donors (Lipinski definition) is 1. The van der Waals surface area contributed by atoms with Gasteiger partial charge in [0.05, 0.1) is 18.4 Å². The van der Waals surface area contributed by atoms with E-state index in [1.54, 1.807) is 43.3 Å². The van der Waals surface area contributed by atoms with Gasteiger partial charge in [0.2, 0.25) is 0 Å². The molecule has 1 aromatic heterocycles. The number of furan rings is 1. The van der Waals surface area contributed by atoms with Crippen LogP contribution in [0.1, 0.15) is 34.2 Å². The van der Waals surface area contributed by atoms with Crippen molar-refractivity contribution >= 4 is 18.1 Å². The van der Waals surface area contributed by atoms with Gasteiger partial charge in [-0.25, -0.2) is 10.2 Å². The minimum atomic E-state index is -0.379. The molecule has 0 saturated heterocycles. The molecular formula is C24H24N2O5. The molecule has 31 heavy (non-hydrogen) atoms. The highest BCUT2D eigenvalue weighted by Crippen LogP contribution is 2.22. The first-order valence-corrected chi connectivity index (χ1v) is 9.85. The van der Waals surface area contributed by atoms with E-state index in [9.17, 15) is 9.59 Å². The van der Waals surface area contributed by atoms with E-state index in [1.165, 1.54) is 6.21 Å². The van der Waals surface area contributed by atoms with Crippen LogP contribution in [0.3, 0.4) is 0 Å². The van der Waals surface area contributed by atoms with E-state index in [1.807, 2.05) is 32.0 Å². The number of benzene rings is 2. The Balaban J connectivity index is 1.51. The Bertz CT molecular complexity index is 1080. The second kappa shape index (κ2) is 10.2. The first-order chi connectivity index (χ1) is 15.0. The Hall–Kier alpha value is -3.87. The van der Waals surface area contributed by atoms with Gasteiger partial charge in [-0.05, 0) is 68.3 Å². The lowest BCUT2D eigenvalue weighted by atomic mass is 10.1. The Labute approximate surface area is 180 Å². The van der Waals surface area contributed by atoms with Crippen LogP contribution in [0, 0.1) is 13.8 Å². The molecule has 1 amide bonds. The number of carbonyl (C=O) groups is 2. The van der Waals surface area contributed by atoms with Crippen molar-refractivity contribution in [3.63, 3.8) is 0 Å². The summed E-state index contributed by atoms with van der Waals surface area (Å²) in [4.78, 5) is 23.6. The number of nitrogens with one attached hydrogen (secondary N) is 1. The molecule has 0 aliphatic heterocycles. The topological polar surface area (TPSA) is 90.1 Å². The predicted molar refractivity (Wildman–Crippen MR) is 117 cm³/mol. The van der Waals surface area contributed by atoms with Crippen LogP contribution in [0.2, 0.25) is 0 Å². The molecule has 160 valence electrons. The van der Waals surface area contributed by atoms with E-state index in [0.717, 1.165) is 16.7 Å². The molecule has 2 aromatic carbocycles. The molecule has 1 N–H and O–H groups in total. The molecular weight excluding hydrogens is 396 g/mol. The number of nitrogens with zero attached hydrogens (tertiary/aromatic N) is 1. The molecule has 7 nitrogen and oxygen atoms in total. The van der Waals surface area contributed by atoms with E-state index in [2.05, 4.69) is 10.5 Å². The molecule has 3 aromatic rings. The quantitative estimate of drug-likeness (QED) is 0.334. The average Bonchev–Trinajstić information content (AvgIpc) is 3.24. The lowest BCUT2D eigenvalue weighted by molar-refractivity contribution is -0.123. The molecule has 0 fully saturated rings. The Kier molecular flexibility index (Phi) is 7.22. The van der Waals surface area contributed by atoms with E-state index in [4.69, 9.17) is 13.9 Å². The number of esters is 1. The number of ether oxygens (including phenoxy) is 2. The fraction of sp³-hybridized carbons (Fsp3) is 0.208. The van der Waals surface area contributed by atoms with E-state index in [0.29, 0.717) is 29.4 Å². The van der Waals surface area contributed by atoms with Crippen molar-refractivity contribution < 1.29 is 23.5 Å². The number of rotatable bonds is 8. The predicted octanol–water partition coefficient (Wildman–Crippen LogP) is 4.27. The van der Waals surface area contributed by atoms with Crippen LogP contribution < -0.4 is 10.2 Å². The summed E-state index contributed by atoms with van der Waals surface area (Å²) >= 11 is 0. The summed E-state index contributed by atoms with van der Waals surface area (Å²) in [6.07, 6.45) is 1.41. The molecule has 0 aliphatic rings. The zero-order valence-corrected chi connectivity index (χ0v) is 17.7. The SMILES string of the molecule is CCOC(=O)c1ccc(-c2ccc(/C=N\NC(=O)COc3ccc(C)c(C)c3)o2)cc1. The van der Waals surface area contributed by atoms with Gasteiger partial charge < -0.3 is 13.9 Å². The van der Waals surface area contributed by atoms with Crippen molar-refractivity contribution in [1.29, 1.82) is 0 Å². The van der Waals surface area contributed by atoms with Crippen molar-refractivity contribution in [2.45, 2.75) is 20.8 Å². The van der Waals surface area contributed by atoms with Crippen molar-refractivity contribution in [3.05, 3.63) is 77.0 Å². The molecule has 0 radical (unpaired) electrons. The molecule has 0 spiro atoms. The van der Waals surface area contributed by atoms with E-state index >= 15 is 0 Å². The number of aryl methyl sites for hydroxylation is 2. The maximum absolute atomic E-state index is 11.9. The first-order valence-electron chi connectivity index (χ1n) is 9.85. The standard InChI is InChI=1S/C24H24N2O5/c1-4-29-24(28)19-8-6-18(7-9-19)22-12-11-21(31-22)14-25-26-23(27)15-30-20-10-5-16(2)17(3)13-20/h5-14H,4,15H2,1-3H3,(H,26,27)/b25-14-. The summed E-state index contributed by atoms with van der Waals surface area (Å²) in [5.74, 6) is 0.974. The zero-order valence-electron chi connectivity index (χ0n) is 17.7. The van der Waals surface area contributed by atoms with Crippen LogP contribution >= 0.6 is 0 Å². The van der Waals surface area contributed by atoms with Crippen molar-refractivity contribution in [3.8, 4) is 17.1 Å². The third-order valence-electron chi connectivity index (χ3n) is 4.54. The van der Waals surface area contributed by atoms with Crippen LogP contribution in [-0.4, -0.2) is 31.3 Å². The number of hydrogen-bond acceptors (Lipinski definition) is 6. The Morgan fingerprint density at radius 2 is 1.81 bits per heavy atom. The summed E-state index contributed by atoms with van der Waals surface area (Å²) < 4.78 is 16.1. The summed E-state index contributed by atoms with van der Waals surface area (Å²) in [5, 5.41) is 3.89. The van der Waals surface area contributed by atoms with Gasteiger partial charge in [-0.1, -0.05) is 18.2 Å². The average molecular weight is 420 g/mol. The zero-order chi connectivity index (χ0) is 22.2. The first kappa shape index (κ1) is 21.8. The molecule has 0 atom stereocenters. The smallest absolute Gasteiger partial charge is 0.338 e. The molecule has 0 bridgehead atoms. The van der Waals surface area contributed by atoms with Crippen LogP contribution in [0.25, 0.3) is 11.3 Å². The van der Waals surface area contributed by atoms with Crippen LogP contribution in [-0.2, 0) is 9.53 Å². The lowest BCUT2D eigenvalue weighted by Crippen LogP contribution is -2.24. The molecule has 0 unspecified atom stereocenters. The highest BCUT2D eigenvalue weighted by molar-refractivity contribution is 5.90. The highest BCUT2D eigenvalue weighted by Gasteiger charge is 2.08. The van der Waals surface area contributed by atoms with Gasteiger partial charge in [-0.3, -0.25) is 4.79 Å². The highest BCUT2D eigenvalue weighted by atomic mass is 16.5. The lowest BCUT2D eigenvalue weighted by Gasteiger charge is -2.07. The number of carbonyl (C=O) groups excluding carboxylic acids is 2. The second-order valence-corrected chi connectivity index (χ2v) is 6.83. The van der Waals surface area contributed by atoms with Gasteiger partial charge >= 0.3 is 5.97 Å². The summed E-state index contributed by atoms with van der Waals surface area (Å²) in [6.45, 7) is 5.95. The maximum atomic E-state index is 11.9. The van der Waals surface area contributed by atoms with Gasteiger partial charge in [-0.15, -0.1) is 0 Å². The molecule has 7 heteroatoms. The maximum Gasteiger partial charge on any atom is 0.338 e. The van der Waals surface area contributed by atoms with Gasteiger partial charge in [0.15, 0.2) is 6.61 Å². The van der Waals surface area contributed by atoms with Gasteiger partial charge in [0.1, 0.15) is 17.3 Å². The number of hydrazone groups is 1. The van der Waals surface area contributed by atoms with Crippen LogP contribution in [0.4, 0.5) is 0 Å². The fourth-order valence-electron chi connectivity index (χ4n) is 2.72. The Morgan fingerprint density at radius 1 is 1.03 bits per heavy atom. The van der Waals surface area contributed by atoms with Crippen LogP contribution in [0.5, 0.6) is 5.75 Å². The number of amides is 1. The van der Waals surface area contributed by atoms with Gasteiger partial charge in [0, 0.05) is 5.56 Å². The van der Waals surface area contributed by atoms with Crippen molar-refractivity contribution in [2.75, 3.05) is 13.2 Å². The summed E-state index contributed by atoms with van der Waals surface area (Å²) in [5.41, 5.74) is 5.94. The van der Waals surface area contributed by atoms with E-state index in [-0.39, 0.29) is 18.5 Å². The third-order valence-corrected chi connectivity index (χ3v) is 4.54. The van der Waals surface area contributed by atoms with Crippen molar-refractivity contribution in [2.24, 2.45) is 5.10 Å². The summed E-state index contributed by atoms with van der Waals surface area (Å²) in [6, 6.07) is 16.1. The second-order valence-electron chi connectivity index (χ2n) is 6.83. The van der Waals surface area contributed by atoms with E-state index < -0.39 is 0 Å². The monoisotopic (exact) mass is 420 g/mol. The molecule has 3 rings (SSSR count). The molecule has 0 saturated carbocycles. The largest absolute Gasteiger partial charge is 0.484 e. The minimum Gasteiger partial charge on any atom is -0.484 e. The summed E-state index contributed by atoms with van der Waals surface area (Å²) in [7, 11) is 0. The van der Waals surface area contributed by atoms with Gasteiger partial charge in [0.25, 0.3) is 5.91 Å². The molecule has 1 heterocycles. The third kappa shape index (κ3) is 6.05. The van der Waals surface area contributed by atoms with Gasteiger partial charge in [-0.2, -0.15) is 5.10 Å². The fourth-order valence-corrected chi connectivity index (χ4v) is 2.72. The normalized spacial score (nSPS) is 10.8.